The van der Waals surface area contributed by atoms with Crippen molar-refractivity contribution >= 4 is 23.8 Å². The van der Waals surface area contributed by atoms with Crippen molar-refractivity contribution < 1.29 is 64.4 Å². The predicted octanol–water partition coefficient (Wildman–Crippen LogP) is -0.485. The van der Waals surface area contributed by atoms with Crippen molar-refractivity contribution in [2.75, 3.05) is 6.54 Å². The molecule has 0 aromatic carbocycles. The molecule has 0 aromatic heterocycles. The fraction of sp³-hybridized carbons (Fsp3) is 0.826. The minimum Gasteiger partial charge on any atom is -0.862 e. The first kappa shape index (κ1) is 37.4. The van der Waals surface area contributed by atoms with Gasteiger partial charge in [0, 0.05) is 6.42 Å². The van der Waals surface area contributed by atoms with Gasteiger partial charge in [0.15, 0.2) is 0 Å². The summed E-state index contributed by atoms with van der Waals surface area (Å²) in [6.07, 6.45) is 12.2. The van der Waals surface area contributed by atoms with E-state index < -0.39 is 35.9 Å². The molecule has 0 spiro atoms. The molecule has 34 heavy (non-hydrogen) atoms. The molecule has 0 aliphatic heterocycles. The third kappa shape index (κ3) is 27.0. The number of carbonyl (C=O) groups is 3. The van der Waals surface area contributed by atoms with Crippen LogP contribution >= 0.6 is 0 Å². The van der Waals surface area contributed by atoms with Crippen LogP contribution in [-0.4, -0.2) is 57.8 Å². The fourth-order valence-corrected chi connectivity index (χ4v) is 2.96. The summed E-state index contributed by atoms with van der Waals surface area (Å²) in [4.78, 5) is 35.1. The number of carboxylic acid groups (broad SMARTS) is 3. The zero-order chi connectivity index (χ0) is 25.5. The monoisotopic (exact) mass is 497 g/mol. The Morgan fingerprint density at radius 3 is 1.76 bits per heavy atom. The Kier molecular flexibility index (Phi) is 29.0. The molecule has 194 valence electrons. The van der Waals surface area contributed by atoms with Crippen LogP contribution < -0.4 is 46.1 Å². The van der Waals surface area contributed by atoms with Gasteiger partial charge in [0.2, 0.25) is 0 Å². The maximum absolute atomic E-state index is 11.6. The normalized spacial score (nSPS) is 12.6. The van der Waals surface area contributed by atoms with Crippen molar-refractivity contribution in [3.63, 3.8) is 0 Å². The van der Waals surface area contributed by atoms with Crippen LogP contribution in [0.25, 0.3) is 0 Å². The molecule has 0 saturated heterocycles. The number of carboxylic acids is 3. The molecule has 2 atom stereocenters. The second-order valence-corrected chi connectivity index (χ2v) is 8.12. The first-order valence-corrected chi connectivity index (χ1v) is 12.0. The zero-order valence-electron chi connectivity index (χ0n) is 21.0. The Morgan fingerprint density at radius 2 is 1.32 bits per heavy atom. The Hall–Kier alpha value is -1.20. The topological polar surface area (TPSA) is 199 Å². The first-order valence-electron chi connectivity index (χ1n) is 12.0. The summed E-state index contributed by atoms with van der Waals surface area (Å²) in [6, 6.07) is -1.95. The van der Waals surface area contributed by atoms with Gasteiger partial charge in [0.25, 0.3) is 0 Å². The Morgan fingerprint density at radius 1 is 0.794 bits per heavy atom. The maximum Gasteiger partial charge on any atom is 1.00 e. The van der Waals surface area contributed by atoms with E-state index in [1.807, 2.05) is 0 Å². The molecule has 0 rings (SSSR count). The SMILES string of the molecule is CCCCCCCCCCCC([O-])=NC(CCC(=O)O)C(=O)O.NCCCC[C@H](N)C(=O)O.[Na+]. The van der Waals surface area contributed by atoms with E-state index >= 15 is 0 Å². The minimum atomic E-state index is -1.24. The summed E-state index contributed by atoms with van der Waals surface area (Å²) >= 11 is 0. The van der Waals surface area contributed by atoms with E-state index in [9.17, 15) is 19.5 Å². The summed E-state index contributed by atoms with van der Waals surface area (Å²) in [5, 5.41) is 37.4. The van der Waals surface area contributed by atoms with Crippen LogP contribution in [0, 0.1) is 0 Å². The molecule has 0 aliphatic rings. The molecule has 0 heterocycles. The van der Waals surface area contributed by atoms with Crippen molar-refractivity contribution in [2.45, 2.75) is 115 Å². The van der Waals surface area contributed by atoms with Crippen LogP contribution in [0.2, 0.25) is 0 Å². The third-order valence-electron chi connectivity index (χ3n) is 5.00. The summed E-state index contributed by atoms with van der Waals surface area (Å²) in [5.41, 5.74) is 10.4. The Labute approximate surface area is 225 Å². The van der Waals surface area contributed by atoms with Crippen LogP contribution in [0.4, 0.5) is 0 Å². The summed E-state index contributed by atoms with van der Waals surface area (Å²) in [7, 11) is 0. The quantitative estimate of drug-likeness (QED) is 0.0637. The van der Waals surface area contributed by atoms with Crippen molar-refractivity contribution in [2.24, 2.45) is 16.5 Å². The summed E-state index contributed by atoms with van der Waals surface area (Å²) < 4.78 is 0. The van der Waals surface area contributed by atoms with Gasteiger partial charge in [-0.05, 0) is 44.5 Å². The summed E-state index contributed by atoms with van der Waals surface area (Å²) in [5.74, 6) is -3.70. The largest absolute Gasteiger partial charge is 1.00 e. The average molecular weight is 498 g/mol. The molecule has 0 bridgehead atoms. The number of rotatable bonds is 20. The van der Waals surface area contributed by atoms with E-state index in [0.717, 1.165) is 25.7 Å². The van der Waals surface area contributed by atoms with Gasteiger partial charge in [-0.25, -0.2) is 4.79 Å². The second kappa shape index (κ2) is 26.4. The second-order valence-electron chi connectivity index (χ2n) is 8.12. The molecule has 0 aromatic rings. The number of hydrogen-bond acceptors (Lipinski definition) is 7. The Balaban J connectivity index is -0.000000736. The molecule has 11 heteroatoms. The molecule has 1 unspecified atom stereocenters. The molecular formula is C23H44N3NaO7. The number of aliphatic carboxylic acids is 3. The molecular weight excluding hydrogens is 453 g/mol. The van der Waals surface area contributed by atoms with Crippen LogP contribution in [0.5, 0.6) is 0 Å². The van der Waals surface area contributed by atoms with Gasteiger partial charge in [0.05, 0.1) is 0 Å². The van der Waals surface area contributed by atoms with Gasteiger partial charge < -0.3 is 31.9 Å². The van der Waals surface area contributed by atoms with Crippen LogP contribution in [-0.2, 0) is 14.4 Å². The molecule has 0 amide bonds. The number of unbranched alkanes of at least 4 members (excludes halogenated alkanes) is 9. The van der Waals surface area contributed by atoms with E-state index in [1.165, 1.54) is 38.5 Å². The number of nitrogens with zero attached hydrogens (tertiary/aromatic N) is 1. The maximum atomic E-state index is 11.6. The van der Waals surface area contributed by atoms with E-state index in [4.69, 9.17) is 26.8 Å². The van der Waals surface area contributed by atoms with Crippen molar-refractivity contribution in [1.29, 1.82) is 0 Å². The minimum absolute atomic E-state index is 0. The van der Waals surface area contributed by atoms with E-state index in [-0.39, 0.29) is 48.8 Å². The van der Waals surface area contributed by atoms with E-state index in [1.54, 1.807) is 0 Å². The average Bonchev–Trinajstić information content (AvgIpc) is 2.75. The fourth-order valence-electron chi connectivity index (χ4n) is 2.96. The molecule has 0 aliphatic carbocycles. The van der Waals surface area contributed by atoms with Crippen LogP contribution in [0.1, 0.15) is 103 Å². The van der Waals surface area contributed by atoms with Gasteiger partial charge in [-0.1, -0.05) is 64.7 Å². The van der Waals surface area contributed by atoms with Gasteiger partial charge in [-0.15, -0.1) is 0 Å². The molecule has 0 saturated carbocycles. The molecule has 0 fully saturated rings. The number of nitrogens with two attached hydrogens (primary N) is 2. The zero-order valence-corrected chi connectivity index (χ0v) is 23.0. The van der Waals surface area contributed by atoms with Crippen LogP contribution in [0.15, 0.2) is 4.99 Å². The Bertz CT molecular complexity index is 563. The molecule has 10 nitrogen and oxygen atoms in total. The van der Waals surface area contributed by atoms with Gasteiger partial charge in [0.1, 0.15) is 12.1 Å². The standard InChI is InChI=1S/C17H31NO5.C6H14N2O2.Na/c1-2-3-4-5-6-7-8-9-10-11-15(19)18-14(17(22)23)12-13-16(20)21;7-4-2-1-3-5(8)6(9)10;/h14H,2-13H2,1H3,(H,18,19)(H,20,21)(H,22,23);5H,1-4,7-8H2,(H,9,10);/q;;+1/p-1/t;5-;/m.0./s1. The van der Waals surface area contributed by atoms with Gasteiger partial charge in [-0.2, -0.15) is 0 Å². The van der Waals surface area contributed by atoms with Crippen molar-refractivity contribution in [3.05, 3.63) is 0 Å². The summed E-state index contributed by atoms with van der Waals surface area (Å²) in [6.45, 7) is 2.80. The van der Waals surface area contributed by atoms with Crippen molar-refractivity contribution in [3.8, 4) is 0 Å². The van der Waals surface area contributed by atoms with Gasteiger partial charge >= 0.3 is 47.5 Å². The number of hydrogen-bond donors (Lipinski definition) is 5. The van der Waals surface area contributed by atoms with Gasteiger partial charge in [-0.3, -0.25) is 14.6 Å². The molecule has 0 radical (unpaired) electrons. The third-order valence-corrected chi connectivity index (χ3v) is 5.00. The van der Waals surface area contributed by atoms with Crippen molar-refractivity contribution in [1.82, 2.24) is 0 Å². The number of aliphatic imine (C=N–C) groups is 1. The predicted molar refractivity (Wildman–Crippen MR) is 126 cm³/mol. The van der Waals surface area contributed by atoms with E-state index in [2.05, 4.69) is 11.9 Å². The molecule has 7 N–H and O–H groups in total. The smallest absolute Gasteiger partial charge is 0.862 e. The van der Waals surface area contributed by atoms with Crippen LogP contribution in [0.3, 0.4) is 0 Å². The van der Waals surface area contributed by atoms with E-state index in [0.29, 0.717) is 19.4 Å². The first-order chi connectivity index (χ1) is 15.6.